The van der Waals surface area contributed by atoms with Crippen LogP contribution in [0.3, 0.4) is 0 Å². The maximum absolute atomic E-state index is 11.2. The number of nitrogens with one attached hydrogen (secondary N) is 1. The van der Waals surface area contributed by atoms with Crippen molar-refractivity contribution in [1.29, 1.82) is 0 Å². The van der Waals surface area contributed by atoms with Gasteiger partial charge in [0.1, 0.15) is 0 Å². The summed E-state index contributed by atoms with van der Waals surface area (Å²) < 4.78 is 11.8. The van der Waals surface area contributed by atoms with Gasteiger partial charge in [-0.05, 0) is 34.6 Å². The summed E-state index contributed by atoms with van der Waals surface area (Å²) in [5.41, 5.74) is -0.523. The van der Waals surface area contributed by atoms with Crippen LogP contribution in [-0.4, -0.2) is 34.8 Å². The monoisotopic (exact) mass is 293 g/mol. The van der Waals surface area contributed by atoms with Gasteiger partial charge in [-0.15, -0.1) is 0 Å². The number of pyridine rings is 1. The lowest BCUT2D eigenvalue weighted by Gasteiger charge is -2.32. The van der Waals surface area contributed by atoms with E-state index in [0.29, 0.717) is 12.0 Å². The standard InChI is InChI=1S/C13H20BN3O4/c1-6-15-11-10(17(18)19)7-9(8-16-11)14-20-12(2,3)13(4,5)21-14/h7-8H,6H2,1-5H3,(H,15,16). The molecule has 1 aliphatic heterocycles. The number of anilines is 1. The molecule has 21 heavy (non-hydrogen) atoms. The molecule has 0 amide bonds. The maximum atomic E-state index is 11.2. The second kappa shape index (κ2) is 5.27. The van der Waals surface area contributed by atoms with Crippen LogP contribution in [0.5, 0.6) is 0 Å². The summed E-state index contributed by atoms with van der Waals surface area (Å²) in [4.78, 5) is 14.8. The van der Waals surface area contributed by atoms with E-state index in [1.807, 2.05) is 34.6 Å². The molecular weight excluding hydrogens is 273 g/mol. The minimum absolute atomic E-state index is 0.0796. The molecule has 0 unspecified atom stereocenters. The molecule has 0 spiro atoms. The van der Waals surface area contributed by atoms with Gasteiger partial charge in [0, 0.05) is 24.3 Å². The Hall–Kier alpha value is -1.67. The molecule has 0 bridgehead atoms. The highest BCUT2D eigenvalue weighted by molar-refractivity contribution is 6.62. The summed E-state index contributed by atoms with van der Waals surface area (Å²) in [5, 5.41) is 14.0. The normalized spacial score (nSPS) is 19.6. The molecule has 2 rings (SSSR count). The minimum atomic E-state index is -0.656. The van der Waals surface area contributed by atoms with Crippen molar-refractivity contribution in [3.8, 4) is 0 Å². The van der Waals surface area contributed by atoms with Crippen LogP contribution in [0.15, 0.2) is 12.3 Å². The number of hydrogen-bond donors (Lipinski definition) is 1. The van der Waals surface area contributed by atoms with E-state index in [0.717, 1.165) is 0 Å². The van der Waals surface area contributed by atoms with Gasteiger partial charge in [-0.25, -0.2) is 4.98 Å². The largest absolute Gasteiger partial charge is 0.496 e. The van der Waals surface area contributed by atoms with E-state index >= 15 is 0 Å². The van der Waals surface area contributed by atoms with Crippen LogP contribution in [-0.2, 0) is 9.31 Å². The number of nitro groups is 1. The van der Waals surface area contributed by atoms with Crippen molar-refractivity contribution < 1.29 is 14.2 Å². The van der Waals surface area contributed by atoms with Crippen LogP contribution in [0.2, 0.25) is 0 Å². The van der Waals surface area contributed by atoms with Crippen molar-refractivity contribution in [2.75, 3.05) is 11.9 Å². The zero-order valence-corrected chi connectivity index (χ0v) is 13.0. The van der Waals surface area contributed by atoms with E-state index in [1.54, 1.807) is 6.20 Å². The zero-order chi connectivity index (χ0) is 15.8. The van der Waals surface area contributed by atoms with Crippen molar-refractivity contribution in [2.45, 2.75) is 45.8 Å². The Morgan fingerprint density at radius 3 is 2.38 bits per heavy atom. The summed E-state index contributed by atoms with van der Waals surface area (Å²) in [6.07, 6.45) is 1.55. The van der Waals surface area contributed by atoms with Crippen molar-refractivity contribution in [1.82, 2.24) is 4.98 Å². The van der Waals surface area contributed by atoms with Gasteiger partial charge in [0.25, 0.3) is 0 Å². The van der Waals surface area contributed by atoms with E-state index in [-0.39, 0.29) is 11.5 Å². The first kappa shape index (κ1) is 15.7. The van der Waals surface area contributed by atoms with Gasteiger partial charge in [-0.2, -0.15) is 0 Å². The third-order valence-electron chi connectivity index (χ3n) is 3.96. The first-order valence-corrected chi connectivity index (χ1v) is 6.92. The molecule has 0 atom stereocenters. The van der Waals surface area contributed by atoms with Crippen LogP contribution < -0.4 is 10.8 Å². The molecule has 1 fully saturated rings. The van der Waals surface area contributed by atoms with Crippen LogP contribution >= 0.6 is 0 Å². The maximum Gasteiger partial charge on any atom is 0.496 e. The quantitative estimate of drug-likeness (QED) is 0.517. The molecule has 7 nitrogen and oxygen atoms in total. The number of aromatic nitrogens is 1. The molecular formula is C13H20BN3O4. The summed E-state index contributed by atoms with van der Waals surface area (Å²) >= 11 is 0. The SMILES string of the molecule is CCNc1ncc(B2OC(C)(C)C(C)(C)O2)cc1[N+](=O)[O-]. The molecule has 0 saturated carbocycles. The van der Waals surface area contributed by atoms with Crippen molar-refractivity contribution in [2.24, 2.45) is 0 Å². The van der Waals surface area contributed by atoms with Gasteiger partial charge in [0.15, 0.2) is 0 Å². The Morgan fingerprint density at radius 1 is 1.33 bits per heavy atom. The smallest absolute Gasteiger partial charge is 0.399 e. The van der Waals surface area contributed by atoms with Crippen molar-refractivity contribution >= 4 is 24.1 Å². The average Bonchev–Trinajstić information content (AvgIpc) is 2.59. The highest BCUT2D eigenvalue weighted by Crippen LogP contribution is 2.36. The Kier molecular flexibility index (Phi) is 3.94. The fraction of sp³-hybridized carbons (Fsp3) is 0.615. The average molecular weight is 293 g/mol. The highest BCUT2D eigenvalue weighted by Gasteiger charge is 2.52. The Balaban J connectivity index is 2.34. The topological polar surface area (TPSA) is 86.5 Å². The van der Waals surface area contributed by atoms with Crippen LogP contribution in [0.25, 0.3) is 0 Å². The van der Waals surface area contributed by atoms with Gasteiger partial charge in [-0.1, -0.05) is 0 Å². The first-order chi connectivity index (χ1) is 9.68. The van der Waals surface area contributed by atoms with E-state index in [4.69, 9.17) is 9.31 Å². The summed E-state index contributed by atoms with van der Waals surface area (Å²) in [6.45, 7) is 10.1. The fourth-order valence-corrected chi connectivity index (χ4v) is 2.02. The molecule has 0 aliphatic carbocycles. The van der Waals surface area contributed by atoms with Crippen molar-refractivity contribution in [3.63, 3.8) is 0 Å². The molecule has 0 radical (unpaired) electrons. The lowest BCUT2D eigenvalue weighted by molar-refractivity contribution is -0.384. The molecule has 1 aromatic rings. The van der Waals surface area contributed by atoms with Gasteiger partial charge in [0.2, 0.25) is 5.82 Å². The van der Waals surface area contributed by atoms with Crippen LogP contribution in [0.4, 0.5) is 11.5 Å². The molecule has 1 N–H and O–H groups in total. The van der Waals surface area contributed by atoms with Crippen LogP contribution in [0, 0.1) is 10.1 Å². The van der Waals surface area contributed by atoms with E-state index in [1.165, 1.54) is 6.07 Å². The Labute approximate surface area is 124 Å². The van der Waals surface area contributed by atoms with Crippen molar-refractivity contribution in [3.05, 3.63) is 22.4 Å². The van der Waals surface area contributed by atoms with Gasteiger partial charge < -0.3 is 14.6 Å². The predicted octanol–water partition coefficient (Wildman–Crippen LogP) is 1.72. The first-order valence-electron chi connectivity index (χ1n) is 6.92. The second-order valence-electron chi connectivity index (χ2n) is 6.01. The molecule has 0 aromatic carbocycles. The summed E-state index contributed by atoms with van der Waals surface area (Å²) in [5.74, 6) is 0.253. The number of nitrogens with zero attached hydrogens (tertiary/aromatic N) is 2. The Morgan fingerprint density at radius 2 is 1.90 bits per heavy atom. The zero-order valence-electron chi connectivity index (χ0n) is 13.0. The van der Waals surface area contributed by atoms with E-state index < -0.39 is 23.2 Å². The highest BCUT2D eigenvalue weighted by atomic mass is 16.7. The molecule has 1 aromatic heterocycles. The second-order valence-corrected chi connectivity index (χ2v) is 6.01. The molecule has 8 heteroatoms. The van der Waals surface area contributed by atoms with Crippen LogP contribution in [0.1, 0.15) is 34.6 Å². The number of rotatable bonds is 4. The molecule has 1 saturated heterocycles. The number of hydrogen-bond acceptors (Lipinski definition) is 6. The minimum Gasteiger partial charge on any atom is -0.399 e. The third-order valence-corrected chi connectivity index (χ3v) is 3.96. The lowest BCUT2D eigenvalue weighted by atomic mass is 9.80. The van der Waals surface area contributed by atoms with E-state index in [9.17, 15) is 10.1 Å². The van der Waals surface area contributed by atoms with Gasteiger partial charge >= 0.3 is 12.8 Å². The Bertz CT molecular complexity index is 546. The molecule has 1 aliphatic rings. The van der Waals surface area contributed by atoms with Gasteiger partial charge in [0.05, 0.1) is 16.1 Å². The third kappa shape index (κ3) is 2.86. The van der Waals surface area contributed by atoms with E-state index in [2.05, 4.69) is 10.3 Å². The van der Waals surface area contributed by atoms with Gasteiger partial charge in [-0.3, -0.25) is 10.1 Å². The molecule has 114 valence electrons. The summed E-state index contributed by atoms with van der Waals surface area (Å²) in [6, 6.07) is 1.45. The fourth-order valence-electron chi connectivity index (χ4n) is 2.02. The molecule has 2 heterocycles. The lowest BCUT2D eigenvalue weighted by Crippen LogP contribution is -2.41. The summed E-state index contributed by atoms with van der Waals surface area (Å²) in [7, 11) is -0.656. The predicted molar refractivity (Wildman–Crippen MR) is 80.8 cm³/mol.